The lowest BCUT2D eigenvalue weighted by atomic mass is 9.82. The number of thiophene rings is 1. The molecule has 0 saturated heterocycles. The van der Waals surface area contributed by atoms with Crippen LogP contribution in [0.25, 0.3) is 0 Å². The van der Waals surface area contributed by atoms with E-state index in [2.05, 4.69) is 0 Å². The first-order valence-corrected chi connectivity index (χ1v) is 7.13. The van der Waals surface area contributed by atoms with Gasteiger partial charge in [-0.15, -0.1) is 11.3 Å². The van der Waals surface area contributed by atoms with Crippen molar-refractivity contribution in [2.75, 3.05) is 5.75 Å². The van der Waals surface area contributed by atoms with Crippen molar-refractivity contribution < 1.29 is 8.42 Å². The molecule has 1 aliphatic carbocycles. The van der Waals surface area contributed by atoms with E-state index in [1.807, 2.05) is 0 Å². The van der Waals surface area contributed by atoms with Gasteiger partial charge < -0.3 is 5.73 Å². The van der Waals surface area contributed by atoms with Crippen molar-refractivity contribution in [2.45, 2.75) is 23.1 Å². The SMILES string of the molecule is NC1CC(CS(=O)(=O)c2cccs2)C1. The van der Waals surface area contributed by atoms with Crippen molar-refractivity contribution in [1.29, 1.82) is 0 Å². The van der Waals surface area contributed by atoms with E-state index in [-0.39, 0.29) is 17.7 Å². The van der Waals surface area contributed by atoms with Gasteiger partial charge in [-0.25, -0.2) is 8.42 Å². The summed E-state index contributed by atoms with van der Waals surface area (Å²) < 4.78 is 24.0. The van der Waals surface area contributed by atoms with Crippen molar-refractivity contribution in [1.82, 2.24) is 0 Å². The zero-order chi connectivity index (χ0) is 10.2. The quantitative estimate of drug-likeness (QED) is 0.852. The normalized spacial score (nSPS) is 27.2. The predicted octanol–water partition coefficient (Wildman–Crippen LogP) is 1.26. The van der Waals surface area contributed by atoms with Crippen LogP contribution in [-0.4, -0.2) is 20.2 Å². The average molecular weight is 231 g/mol. The summed E-state index contributed by atoms with van der Waals surface area (Å²) in [6.45, 7) is 0. The molecule has 0 radical (unpaired) electrons. The van der Waals surface area contributed by atoms with Gasteiger partial charge in [-0.1, -0.05) is 6.07 Å². The molecule has 0 amide bonds. The maximum absolute atomic E-state index is 11.8. The molecule has 1 aromatic heterocycles. The highest BCUT2D eigenvalue weighted by Gasteiger charge is 2.31. The first-order valence-electron chi connectivity index (χ1n) is 4.60. The number of nitrogens with two attached hydrogens (primary N) is 1. The zero-order valence-electron chi connectivity index (χ0n) is 7.72. The van der Waals surface area contributed by atoms with E-state index < -0.39 is 9.84 Å². The first-order chi connectivity index (χ1) is 6.58. The smallest absolute Gasteiger partial charge is 0.188 e. The summed E-state index contributed by atoms with van der Waals surface area (Å²) in [6, 6.07) is 3.65. The van der Waals surface area contributed by atoms with Gasteiger partial charge in [0.1, 0.15) is 4.21 Å². The zero-order valence-corrected chi connectivity index (χ0v) is 9.35. The van der Waals surface area contributed by atoms with Crippen molar-refractivity contribution >= 4 is 21.2 Å². The van der Waals surface area contributed by atoms with E-state index in [0.717, 1.165) is 12.8 Å². The molecule has 14 heavy (non-hydrogen) atoms. The van der Waals surface area contributed by atoms with Crippen LogP contribution in [0, 0.1) is 5.92 Å². The lowest BCUT2D eigenvalue weighted by molar-refractivity contribution is 0.292. The highest BCUT2D eigenvalue weighted by Crippen LogP contribution is 2.30. The minimum atomic E-state index is -3.04. The number of hydrogen-bond donors (Lipinski definition) is 1. The molecule has 3 nitrogen and oxygen atoms in total. The second kappa shape index (κ2) is 3.64. The molecule has 1 saturated carbocycles. The Labute approximate surface area is 87.9 Å². The maximum atomic E-state index is 11.8. The average Bonchev–Trinajstić information content (AvgIpc) is 2.52. The monoisotopic (exact) mass is 231 g/mol. The van der Waals surface area contributed by atoms with E-state index in [4.69, 9.17) is 5.73 Å². The molecule has 1 fully saturated rings. The molecule has 2 rings (SSSR count). The Bertz CT molecular complexity index is 390. The molecule has 0 atom stereocenters. The van der Waals surface area contributed by atoms with Crippen LogP contribution in [-0.2, 0) is 9.84 Å². The summed E-state index contributed by atoms with van der Waals surface area (Å²) in [5.74, 6) is 0.540. The highest BCUT2D eigenvalue weighted by molar-refractivity contribution is 7.93. The Morgan fingerprint density at radius 3 is 2.71 bits per heavy atom. The second-order valence-electron chi connectivity index (χ2n) is 3.81. The van der Waals surface area contributed by atoms with E-state index in [9.17, 15) is 8.42 Å². The lowest BCUT2D eigenvalue weighted by Crippen LogP contribution is -2.39. The molecule has 0 spiro atoms. The van der Waals surface area contributed by atoms with E-state index >= 15 is 0 Å². The van der Waals surface area contributed by atoms with Gasteiger partial charge in [-0.2, -0.15) is 0 Å². The third-order valence-electron chi connectivity index (χ3n) is 2.53. The molecule has 1 aromatic rings. The predicted molar refractivity (Wildman–Crippen MR) is 57.1 cm³/mol. The molecular weight excluding hydrogens is 218 g/mol. The van der Waals surface area contributed by atoms with Crippen LogP contribution in [0.15, 0.2) is 21.7 Å². The van der Waals surface area contributed by atoms with Gasteiger partial charge in [0.15, 0.2) is 9.84 Å². The summed E-state index contributed by atoms with van der Waals surface area (Å²) in [6.07, 6.45) is 1.70. The highest BCUT2D eigenvalue weighted by atomic mass is 32.2. The van der Waals surface area contributed by atoms with E-state index in [0.29, 0.717) is 4.21 Å². The Hall–Kier alpha value is -0.390. The van der Waals surface area contributed by atoms with Crippen molar-refractivity contribution in [3.63, 3.8) is 0 Å². The van der Waals surface area contributed by atoms with E-state index in [1.54, 1.807) is 17.5 Å². The van der Waals surface area contributed by atoms with Gasteiger partial charge in [-0.05, 0) is 30.2 Å². The topological polar surface area (TPSA) is 60.2 Å². The standard InChI is InChI=1S/C9H13NO2S2/c10-8-4-7(5-8)6-14(11,12)9-2-1-3-13-9/h1-3,7-8H,4-6,10H2. The molecule has 0 bridgehead atoms. The Morgan fingerprint density at radius 1 is 1.50 bits per heavy atom. The fourth-order valence-corrected chi connectivity index (χ4v) is 4.50. The van der Waals surface area contributed by atoms with Gasteiger partial charge in [0.25, 0.3) is 0 Å². The molecule has 78 valence electrons. The molecular formula is C9H13NO2S2. The van der Waals surface area contributed by atoms with Crippen LogP contribution in [0.5, 0.6) is 0 Å². The molecule has 0 aliphatic heterocycles. The summed E-state index contributed by atoms with van der Waals surface area (Å²) in [5.41, 5.74) is 5.61. The van der Waals surface area contributed by atoms with Gasteiger partial charge >= 0.3 is 0 Å². The number of rotatable bonds is 3. The Kier molecular flexibility index (Phi) is 2.64. The molecule has 2 N–H and O–H groups in total. The molecule has 5 heteroatoms. The minimum absolute atomic E-state index is 0.221. The van der Waals surface area contributed by atoms with Gasteiger partial charge in [0.05, 0.1) is 5.75 Å². The van der Waals surface area contributed by atoms with Crippen molar-refractivity contribution in [3.05, 3.63) is 17.5 Å². The van der Waals surface area contributed by atoms with Crippen LogP contribution >= 0.6 is 11.3 Å². The van der Waals surface area contributed by atoms with Gasteiger partial charge in [0.2, 0.25) is 0 Å². The lowest BCUT2D eigenvalue weighted by Gasteiger charge is -2.31. The molecule has 0 aromatic carbocycles. The van der Waals surface area contributed by atoms with Crippen LogP contribution in [0.4, 0.5) is 0 Å². The van der Waals surface area contributed by atoms with Crippen LogP contribution in [0.1, 0.15) is 12.8 Å². The fraction of sp³-hybridized carbons (Fsp3) is 0.556. The van der Waals surface area contributed by atoms with Crippen molar-refractivity contribution in [2.24, 2.45) is 11.7 Å². The van der Waals surface area contributed by atoms with E-state index in [1.165, 1.54) is 11.3 Å². The third-order valence-corrected chi connectivity index (χ3v) is 5.90. The first kappa shape index (κ1) is 10.1. The second-order valence-corrected chi connectivity index (χ2v) is 7.02. The Balaban J connectivity index is 2.04. The van der Waals surface area contributed by atoms with Crippen LogP contribution in [0.2, 0.25) is 0 Å². The number of sulfone groups is 1. The van der Waals surface area contributed by atoms with Gasteiger partial charge in [-0.3, -0.25) is 0 Å². The minimum Gasteiger partial charge on any atom is -0.328 e. The third kappa shape index (κ3) is 1.99. The molecule has 1 aliphatic rings. The number of hydrogen-bond acceptors (Lipinski definition) is 4. The maximum Gasteiger partial charge on any atom is 0.188 e. The summed E-state index contributed by atoms with van der Waals surface area (Å²) in [7, 11) is -3.04. The van der Waals surface area contributed by atoms with Crippen molar-refractivity contribution in [3.8, 4) is 0 Å². The Morgan fingerprint density at radius 2 is 2.21 bits per heavy atom. The van der Waals surface area contributed by atoms with Crippen LogP contribution in [0.3, 0.4) is 0 Å². The summed E-state index contributed by atoms with van der Waals surface area (Å²) >= 11 is 1.29. The van der Waals surface area contributed by atoms with Crippen LogP contribution < -0.4 is 5.73 Å². The molecule has 1 heterocycles. The summed E-state index contributed by atoms with van der Waals surface area (Å²) in [5, 5.41) is 1.79. The molecule has 0 unspecified atom stereocenters. The van der Waals surface area contributed by atoms with Gasteiger partial charge in [0, 0.05) is 6.04 Å². The largest absolute Gasteiger partial charge is 0.328 e. The fourth-order valence-electron chi connectivity index (χ4n) is 1.76. The summed E-state index contributed by atoms with van der Waals surface area (Å²) in [4.78, 5) is 0.